The van der Waals surface area contributed by atoms with E-state index >= 15 is 0 Å². The quantitative estimate of drug-likeness (QED) is 0.110. The van der Waals surface area contributed by atoms with E-state index in [1.54, 1.807) is 6.07 Å². The first-order valence-corrected chi connectivity index (χ1v) is 15.2. The molecule has 1 heterocycles. The number of benzene rings is 2. The van der Waals surface area contributed by atoms with E-state index in [1.165, 1.54) is 101 Å². The third kappa shape index (κ3) is 11.1. The molecule has 216 valence electrons. The van der Waals surface area contributed by atoms with E-state index < -0.39 is 11.8 Å². The Balaban J connectivity index is 1.43. The van der Waals surface area contributed by atoms with Gasteiger partial charge in [-0.3, -0.25) is 0 Å². The van der Waals surface area contributed by atoms with Crippen molar-refractivity contribution in [3.63, 3.8) is 0 Å². The van der Waals surface area contributed by atoms with Crippen LogP contribution < -0.4 is 9.47 Å². The SMILES string of the molecule is CCCCCCCCCOc1ccc(C(=O)Oc2cnc(-c3ccc(CCCCCCCC)cc3)nc2)c(F)c1. The van der Waals surface area contributed by atoms with Crippen molar-refractivity contribution >= 4 is 5.97 Å². The van der Waals surface area contributed by atoms with Crippen LogP contribution in [0.25, 0.3) is 11.4 Å². The molecular formula is C34H45FN2O3. The van der Waals surface area contributed by atoms with Gasteiger partial charge in [0.2, 0.25) is 0 Å². The van der Waals surface area contributed by atoms with E-state index in [-0.39, 0.29) is 11.3 Å². The number of carbonyl (C=O) groups excluding carboxylic acids is 1. The van der Waals surface area contributed by atoms with Crippen molar-refractivity contribution in [3.05, 3.63) is 71.8 Å². The molecule has 2 aromatic carbocycles. The standard InChI is InChI=1S/C34H45FN2O3/c1-3-5-7-9-11-13-15-23-39-29-21-22-31(32(35)24-29)34(38)40-30-25-36-33(37-26-30)28-19-17-27(18-20-28)16-14-12-10-8-6-4-2/h17-22,24-26H,3-16,23H2,1-2H3. The van der Waals surface area contributed by atoms with Crippen molar-refractivity contribution in [2.24, 2.45) is 0 Å². The fourth-order valence-electron chi connectivity index (χ4n) is 4.61. The van der Waals surface area contributed by atoms with Crippen molar-refractivity contribution in [1.29, 1.82) is 0 Å². The molecule has 1 aromatic heterocycles. The molecule has 6 heteroatoms. The smallest absolute Gasteiger partial charge is 0.346 e. The van der Waals surface area contributed by atoms with Crippen molar-refractivity contribution in [1.82, 2.24) is 9.97 Å². The van der Waals surface area contributed by atoms with Gasteiger partial charge in [-0.25, -0.2) is 19.2 Å². The number of hydrogen-bond acceptors (Lipinski definition) is 5. The monoisotopic (exact) mass is 548 g/mol. The van der Waals surface area contributed by atoms with Crippen LogP contribution in [0, 0.1) is 5.82 Å². The van der Waals surface area contributed by atoms with Crippen LogP contribution in [0.4, 0.5) is 4.39 Å². The summed E-state index contributed by atoms with van der Waals surface area (Å²) in [6.45, 7) is 4.98. The summed E-state index contributed by atoms with van der Waals surface area (Å²) in [5, 5.41) is 0. The summed E-state index contributed by atoms with van der Waals surface area (Å²) >= 11 is 0. The van der Waals surface area contributed by atoms with E-state index in [9.17, 15) is 9.18 Å². The van der Waals surface area contributed by atoms with E-state index in [1.807, 2.05) is 12.1 Å². The van der Waals surface area contributed by atoms with E-state index in [0.717, 1.165) is 24.8 Å². The minimum absolute atomic E-state index is 0.159. The molecule has 0 saturated heterocycles. The predicted molar refractivity (Wildman–Crippen MR) is 159 cm³/mol. The summed E-state index contributed by atoms with van der Waals surface area (Å²) < 4.78 is 25.6. The molecule has 0 bridgehead atoms. The van der Waals surface area contributed by atoms with Gasteiger partial charge in [-0.2, -0.15) is 0 Å². The molecule has 5 nitrogen and oxygen atoms in total. The molecule has 0 saturated carbocycles. The summed E-state index contributed by atoms with van der Waals surface area (Å²) in [4.78, 5) is 21.2. The number of unbranched alkanes of at least 4 members (excludes halogenated alkanes) is 11. The van der Waals surface area contributed by atoms with Crippen LogP contribution in [0.3, 0.4) is 0 Å². The number of halogens is 1. The zero-order valence-corrected chi connectivity index (χ0v) is 24.3. The van der Waals surface area contributed by atoms with Gasteiger partial charge in [0.25, 0.3) is 0 Å². The summed E-state index contributed by atoms with van der Waals surface area (Å²) in [5.74, 6) is -0.371. The van der Waals surface area contributed by atoms with Crippen molar-refractivity contribution in [3.8, 4) is 22.9 Å². The number of rotatable bonds is 19. The molecule has 40 heavy (non-hydrogen) atoms. The van der Waals surface area contributed by atoms with Crippen LogP contribution in [0.2, 0.25) is 0 Å². The number of ether oxygens (including phenoxy) is 2. The highest BCUT2D eigenvalue weighted by molar-refractivity contribution is 5.91. The van der Waals surface area contributed by atoms with Crippen LogP contribution in [0.1, 0.15) is 113 Å². The van der Waals surface area contributed by atoms with Crippen LogP contribution in [-0.2, 0) is 6.42 Å². The molecule has 0 unspecified atom stereocenters. The lowest BCUT2D eigenvalue weighted by atomic mass is 10.0. The fourth-order valence-corrected chi connectivity index (χ4v) is 4.61. The van der Waals surface area contributed by atoms with Gasteiger partial charge in [0, 0.05) is 11.6 Å². The van der Waals surface area contributed by atoms with Gasteiger partial charge in [-0.05, 0) is 37.0 Å². The Morgan fingerprint density at radius 3 is 1.95 bits per heavy atom. The summed E-state index contributed by atoms with van der Waals surface area (Å²) in [6.07, 6.45) is 19.9. The second kappa shape index (κ2) is 18.1. The molecular weight excluding hydrogens is 503 g/mol. The topological polar surface area (TPSA) is 61.3 Å². The zero-order valence-electron chi connectivity index (χ0n) is 24.3. The Kier molecular flexibility index (Phi) is 14.2. The number of aromatic nitrogens is 2. The van der Waals surface area contributed by atoms with Gasteiger partial charge in [-0.1, -0.05) is 109 Å². The number of esters is 1. The Hall–Kier alpha value is -3.28. The van der Waals surface area contributed by atoms with Crippen LogP contribution >= 0.6 is 0 Å². The molecule has 0 aliphatic rings. The fraction of sp³-hybridized carbons (Fsp3) is 0.500. The largest absolute Gasteiger partial charge is 0.493 e. The van der Waals surface area contributed by atoms with Crippen LogP contribution in [-0.4, -0.2) is 22.5 Å². The number of hydrogen-bond donors (Lipinski definition) is 0. The predicted octanol–water partition coefficient (Wildman–Crippen LogP) is 9.53. The maximum absolute atomic E-state index is 14.6. The van der Waals surface area contributed by atoms with Gasteiger partial charge in [0.1, 0.15) is 11.6 Å². The first-order valence-electron chi connectivity index (χ1n) is 15.2. The minimum Gasteiger partial charge on any atom is -0.493 e. The molecule has 0 N–H and O–H groups in total. The number of nitrogens with zero attached hydrogens (tertiary/aromatic N) is 2. The highest BCUT2D eigenvalue weighted by Crippen LogP contribution is 2.22. The third-order valence-electron chi connectivity index (χ3n) is 7.05. The number of aryl methyl sites for hydroxylation is 1. The van der Waals surface area contributed by atoms with Gasteiger partial charge in [-0.15, -0.1) is 0 Å². The van der Waals surface area contributed by atoms with Gasteiger partial charge in [0.05, 0.1) is 24.6 Å². The van der Waals surface area contributed by atoms with Gasteiger partial charge >= 0.3 is 5.97 Å². The van der Waals surface area contributed by atoms with Crippen molar-refractivity contribution in [2.45, 2.75) is 104 Å². The molecule has 0 fully saturated rings. The second-order valence-electron chi connectivity index (χ2n) is 10.5. The molecule has 0 amide bonds. The van der Waals surface area contributed by atoms with E-state index in [2.05, 4.69) is 35.9 Å². The highest BCUT2D eigenvalue weighted by atomic mass is 19.1. The Morgan fingerprint density at radius 2 is 1.32 bits per heavy atom. The van der Waals surface area contributed by atoms with E-state index in [4.69, 9.17) is 9.47 Å². The zero-order chi connectivity index (χ0) is 28.4. The lowest BCUT2D eigenvalue weighted by Crippen LogP contribution is -2.11. The molecule has 3 rings (SSSR count). The lowest BCUT2D eigenvalue weighted by molar-refractivity contribution is 0.0728. The average molecular weight is 549 g/mol. The molecule has 0 spiro atoms. The van der Waals surface area contributed by atoms with Crippen LogP contribution in [0.15, 0.2) is 54.9 Å². The lowest BCUT2D eigenvalue weighted by Gasteiger charge is -2.09. The summed E-state index contributed by atoms with van der Waals surface area (Å²) in [5.41, 5.74) is 2.04. The summed E-state index contributed by atoms with van der Waals surface area (Å²) in [7, 11) is 0. The maximum Gasteiger partial charge on any atom is 0.346 e. The second-order valence-corrected chi connectivity index (χ2v) is 10.5. The maximum atomic E-state index is 14.6. The van der Waals surface area contributed by atoms with Gasteiger partial charge in [0.15, 0.2) is 11.6 Å². The minimum atomic E-state index is -0.800. The Labute approximate surface area is 239 Å². The third-order valence-corrected chi connectivity index (χ3v) is 7.05. The Morgan fingerprint density at radius 1 is 0.725 bits per heavy atom. The Bertz CT molecular complexity index is 1130. The molecule has 0 atom stereocenters. The molecule has 3 aromatic rings. The molecule has 0 aliphatic heterocycles. The molecule has 0 aliphatic carbocycles. The van der Waals surface area contributed by atoms with Crippen LogP contribution in [0.5, 0.6) is 11.5 Å². The molecule has 0 radical (unpaired) electrons. The summed E-state index contributed by atoms with van der Waals surface area (Å²) in [6, 6.07) is 12.5. The van der Waals surface area contributed by atoms with Crippen molar-refractivity contribution in [2.75, 3.05) is 6.61 Å². The first-order chi connectivity index (χ1) is 19.6. The van der Waals surface area contributed by atoms with E-state index in [0.29, 0.717) is 18.2 Å². The normalized spacial score (nSPS) is 11.0. The van der Waals surface area contributed by atoms with Crippen molar-refractivity contribution < 1.29 is 18.7 Å². The highest BCUT2D eigenvalue weighted by Gasteiger charge is 2.16. The average Bonchev–Trinajstić information content (AvgIpc) is 2.97. The number of carbonyl (C=O) groups is 1. The first kappa shape index (κ1) is 31.3. The van der Waals surface area contributed by atoms with Gasteiger partial charge < -0.3 is 9.47 Å².